The molecule has 0 saturated carbocycles. The molecule has 1 aliphatic heterocycles. The minimum absolute atomic E-state index is 0.0613. The fraction of sp³-hybridized carbons (Fsp3) is 0.478. The summed E-state index contributed by atoms with van der Waals surface area (Å²) in [5.74, 6) is 1.55. The van der Waals surface area contributed by atoms with Crippen LogP contribution in [0.1, 0.15) is 42.6 Å². The van der Waals surface area contributed by atoms with E-state index in [1.807, 2.05) is 0 Å². The van der Waals surface area contributed by atoms with Crippen molar-refractivity contribution in [2.75, 3.05) is 31.1 Å². The molecule has 1 aliphatic carbocycles. The second-order valence-electron chi connectivity index (χ2n) is 8.69. The standard InChI is InChI=1S/C23H28N4OS/c1-15-8-9-18-19(14-15)29-23-20(18)22(28)24-21(25-23)16(2)26-10-12-27(13-11-26)17-6-4-3-5-7-17/h3-7,15-16H,8-14H2,1-2H3,(H,24,25,28)/p+1/t15-,16-/m0/s1. The summed E-state index contributed by atoms with van der Waals surface area (Å²) in [7, 11) is 0. The summed E-state index contributed by atoms with van der Waals surface area (Å²) < 4.78 is 0. The molecule has 2 N–H and O–H groups in total. The highest BCUT2D eigenvalue weighted by atomic mass is 32.1. The van der Waals surface area contributed by atoms with Crippen molar-refractivity contribution in [3.8, 4) is 0 Å². The van der Waals surface area contributed by atoms with E-state index in [2.05, 4.69) is 54.1 Å². The van der Waals surface area contributed by atoms with Crippen molar-refractivity contribution < 1.29 is 4.90 Å². The first kappa shape index (κ1) is 18.8. The van der Waals surface area contributed by atoms with E-state index in [0.717, 1.165) is 55.1 Å². The van der Waals surface area contributed by atoms with Gasteiger partial charge in [0.1, 0.15) is 10.9 Å². The maximum atomic E-state index is 12.9. The van der Waals surface area contributed by atoms with E-state index in [1.54, 1.807) is 11.3 Å². The number of nitrogens with one attached hydrogen (secondary N) is 2. The predicted molar refractivity (Wildman–Crippen MR) is 119 cm³/mol. The summed E-state index contributed by atoms with van der Waals surface area (Å²) in [4.78, 5) is 27.3. The highest BCUT2D eigenvalue weighted by Gasteiger charge is 2.29. The van der Waals surface area contributed by atoms with Gasteiger partial charge in [-0.15, -0.1) is 11.3 Å². The third-order valence-electron chi connectivity index (χ3n) is 6.73. The van der Waals surface area contributed by atoms with Crippen molar-refractivity contribution in [3.05, 3.63) is 57.0 Å². The fourth-order valence-electron chi connectivity index (χ4n) is 4.89. The summed E-state index contributed by atoms with van der Waals surface area (Å²) in [5, 5.41) is 0.858. The van der Waals surface area contributed by atoms with Crippen molar-refractivity contribution in [3.63, 3.8) is 0 Å². The molecule has 152 valence electrons. The van der Waals surface area contributed by atoms with E-state index < -0.39 is 0 Å². The highest BCUT2D eigenvalue weighted by Crippen LogP contribution is 2.35. The van der Waals surface area contributed by atoms with Gasteiger partial charge in [0.15, 0.2) is 5.82 Å². The van der Waals surface area contributed by atoms with E-state index in [-0.39, 0.29) is 11.6 Å². The quantitative estimate of drug-likeness (QED) is 0.699. The number of aromatic amines is 1. The summed E-state index contributed by atoms with van der Waals surface area (Å²) in [5.41, 5.74) is 2.62. The summed E-state index contributed by atoms with van der Waals surface area (Å²) in [6.07, 6.45) is 3.28. The van der Waals surface area contributed by atoms with Crippen LogP contribution in [0.5, 0.6) is 0 Å². The van der Waals surface area contributed by atoms with Gasteiger partial charge in [0.25, 0.3) is 5.56 Å². The van der Waals surface area contributed by atoms with Crippen LogP contribution in [0.2, 0.25) is 0 Å². The molecular weight excluding hydrogens is 380 g/mol. The molecule has 2 aromatic heterocycles. The van der Waals surface area contributed by atoms with Crippen LogP contribution in [-0.2, 0) is 12.8 Å². The highest BCUT2D eigenvalue weighted by molar-refractivity contribution is 7.18. The van der Waals surface area contributed by atoms with Crippen LogP contribution < -0.4 is 15.4 Å². The van der Waals surface area contributed by atoms with Gasteiger partial charge in [-0.05, 0) is 49.8 Å². The smallest absolute Gasteiger partial charge is 0.260 e. The van der Waals surface area contributed by atoms with Crippen molar-refractivity contribution in [2.45, 2.75) is 39.2 Å². The number of para-hydroxylation sites is 1. The molecule has 5 nitrogen and oxygen atoms in total. The Morgan fingerprint density at radius 2 is 2.00 bits per heavy atom. The van der Waals surface area contributed by atoms with Crippen molar-refractivity contribution in [1.29, 1.82) is 0 Å². The molecule has 1 aromatic carbocycles. The van der Waals surface area contributed by atoms with Crippen molar-refractivity contribution in [2.24, 2.45) is 5.92 Å². The second kappa shape index (κ2) is 7.58. The zero-order chi connectivity index (χ0) is 20.0. The number of rotatable bonds is 3. The van der Waals surface area contributed by atoms with Crippen molar-refractivity contribution in [1.82, 2.24) is 9.97 Å². The van der Waals surface area contributed by atoms with Crippen LogP contribution in [0.4, 0.5) is 5.69 Å². The monoisotopic (exact) mass is 409 g/mol. The van der Waals surface area contributed by atoms with Gasteiger partial charge in [-0.1, -0.05) is 25.1 Å². The zero-order valence-electron chi connectivity index (χ0n) is 17.2. The largest absolute Gasteiger partial charge is 0.360 e. The number of benzene rings is 1. The van der Waals surface area contributed by atoms with E-state index in [9.17, 15) is 4.79 Å². The first-order valence-electron chi connectivity index (χ1n) is 10.8. The Morgan fingerprint density at radius 3 is 2.76 bits per heavy atom. The second-order valence-corrected chi connectivity index (χ2v) is 9.77. The topological polar surface area (TPSA) is 53.4 Å². The molecule has 0 unspecified atom stereocenters. The van der Waals surface area contributed by atoms with Gasteiger partial charge in [-0.3, -0.25) is 4.79 Å². The minimum atomic E-state index is 0.0613. The van der Waals surface area contributed by atoms with Gasteiger partial charge in [0, 0.05) is 10.6 Å². The minimum Gasteiger partial charge on any atom is -0.360 e. The number of hydrogen-bond donors (Lipinski definition) is 2. The lowest BCUT2D eigenvalue weighted by molar-refractivity contribution is -0.930. The van der Waals surface area contributed by atoms with Crippen LogP contribution in [0.3, 0.4) is 0 Å². The molecule has 3 heterocycles. The Balaban J connectivity index is 1.36. The van der Waals surface area contributed by atoms with Crippen LogP contribution in [0.15, 0.2) is 35.1 Å². The number of fused-ring (bicyclic) bond motifs is 3. The van der Waals surface area contributed by atoms with Crippen LogP contribution >= 0.6 is 11.3 Å². The summed E-state index contributed by atoms with van der Waals surface area (Å²) in [6.45, 7) is 8.67. The maximum absolute atomic E-state index is 12.9. The Morgan fingerprint density at radius 1 is 1.24 bits per heavy atom. The predicted octanol–water partition coefficient (Wildman–Crippen LogP) is 2.58. The molecule has 29 heavy (non-hydrogen) atoms. The van der Waals surface area contributed by atoms with E-state index >= 15 is 0 Å². The molecule has 6 heteroatoms. The average Bonchev–Trinajstić information content (AvgIpc) is 3.11. The van der Waals surface area contributed by atoms with Crippen LogP contribution in [0.25, 0.3) is 10.2 Å². The van der Waals surface area contributed by atoms with E-state index in [0.29, 0.717) is 5.92 Å². The number of anilines is 1. The molecule has 1 fully saturated rings. The fourth-order valence-corrected chi connectivity index (χ4v) is 6.28. The number of nitrogens with zero attached hydrogens (tertiary/aromatic N) is 2. The number of H-pyrrole nitrogens is 1. The third kappa shape index (κ3) is 3.49. The number of quaternary nitrogens is 1. The molecule has 2 atom stereocenters. The molecule has 2 aliphatic rings. The number of thiophene rings is 1. The summed E-state index contributed by atoms with van der Waals surface area (Å²) >= 11 is 1.74. The van der Waals surface area contributed by atoms with Gasteiger partial charge < -0.3 is 14.8 Å². The van der Waals surface area contributed by atoms with Gasteiger partial charge in [0.2, 0.25) is 0 Å². The SMILES string of the molecule is C[C@H]1CCc2c(sc3nc([C@H](C)[NH+]4CCN(c5ccccc5)CC4)[nH]c(=O)c23)C1. The molecule has 0 bridgehead atoms. The molecule has 3 aromatic rings. The van der Waals surface area contributed by atoms with Crippen LogP contribution in [-0.4, -0.2) is 36.1 Å². The average molecular weight is 410 g/mol. The summed E-state index contributed by atoms with van der Waals surface area (Å²) in [6, 6.07) is 10.8. The third-order valence-corrected chi connectivity index (χ3v) is 7.88. The van der Waals surface area contributed by atoms with Gasteiger partial charge in [-0.25, -0.2) is 4.98 Å². The number of hydrogen-bond acceptors (Lipinski definition) is 4. The van der Waals surface area contributed by atoms with Gasteiger partial charge in [0.05, 0.1) is 31.6 Å². The first-order chi connectivity index (χ1) is 14.1. The van der Waals surface area contributed by atoms with E-state index in [1.165, 1.54) is 27.4 Å². The van der Waals surface area contributed by atoms with Gasteiger partial charge >= 0.3 is 0 Å². The molecule has 1 saturated heterocycles. The number of aryl methyl sites for hydroxylation is 1. The lowest BCUT2D eigenvalue weighted by Gasteiger charge is -2.36. The Labute approximate surface area is 175 Å². The lowest BCUT2D eigenvalue weighted by atomic mass is 9.89. The number of piperazine rings is 1. The van der Waals surface area contributed by atoms with E-state index in [4.69, 9.17) is 4.98 Å². The van der Waals surface area contributed by atoms with Crippen LogP contribution in [0, 0.1) is 5.92 Å². The van der Waals surface area contributed by atoms with Crippen molar-refractivity contribution >= 4 is 27.2 Å². The van der Waals surface area contributed by atoms with Gasteiger partial charge in [-0.2, -0.15) is 0 Å². The molecular formula is C23H29N4OS+. The normalized spacial score (nSPS) is 21.3. The molecule has 0 amide bonds. The Bertz CT molecular complexity index is 1070. The Hall–Kier alpha value is -2.18. The zero-order valence-corrected chi connectivity index (χ0v) is 18.0. The number of aromatic nitrogens is 2. The first-order valence-corrected chi connectivity index (χ1v) is 11.6. The molecule has 0 radical (unpaired) electrons. The molecule has 5 rings (SSSR count). The maximum Gasteiger partial charge on any atom is 0.260 e. The lowest BCUT2D eigenvalue weighted by Crippen LogP contribution is -3.14. The Kier molecular flexibility index (Phi) is 4.92. The molecule has 0 spiro atoms.